The van der Waals surface area contributed by atoms with Gasteiger partial charge < -0.3 is 0 Å². The van der Waals surface area contributed by atoms with Crippen molar-refractivity contribution in [2.75, 3.05) is 4.43 Å². The van der Waals surface area contributed by atoms with Crippen LogP contribution in [0.2, 0.25) is 0 Å². The molecule has 0 unspecified atom stereocenters. The number of benzene rings is 2. The van der Waals surface area contributed by atoms with E-state index in [9.17, 15) is 4.79 Å². The molecule has 0 atom stereocenters. The first kappa shape index (κ1) is 15.4. The molecule has 0 radical (unpaired) electrons. The average Bonchev–Trinajstić information content (AvgIpc) is 2.58. The van der Waals surface area contributed by atoms with Crippen molar-refractivity contribution in [1.82, 2.24) is 10.2 Å². The minimum absolute atomic E-state index is 0.181. The zero-order valence-electron chi connectivity index (χ0n) is 12.1. The normalized spacial score (nSPS) is 12.2. The first-order chi connectivity index (χ1) is 11.3. The van der Waals surface area contributed by atoms with Crippen molar-refractivity contribution in [3.63, 3.8) is 0 Å². The van der Waals surface area contributed by atoms with Gasteiger partial charge in [0.05, 0.1) is 0 Å². The zero-order valence-corrected chi connectivity index (χ0v) is 16.4. The van der Waals surface area contributed by atoms with Gasteiger partial charge in [-0.25, -0.2) is 0 Å². The molecule has 0 spiro atoms. The maximum absolute atomic E-state index is 12.0. The van der Waals surface area contributed by atoms with Gasteiger partial charge in [0, 0.05) is 0 Å². The molecule has 3 aromatic rings. The molecule has 0 saturated carbocycles. The predicted octanol–water partition coefficient (Wildman–Crippen LogP) is 1.07. The Morgan fingerprint density at radius 3 is 3.00 bits per heavy atom. The van der Waals surface area contributed by atoms with E-state index >= 15 is 0 Å². The average molecular weight is 531 g/mol. The van der Waals surface area contributed by atoms with Crippen LogP contribution in [0.5, 0.6) is 11.5 Å². The summed E-state index contributed by atoms with van der Waals surface area (Å²) >= 11 is 2.84. The van der Waals surface area contributed by atoms with Crippen molar-refractivity contribution in [3.8, 4) is 22.8 Å². The van der Waals surface area contributed by atoms with Gasteiger partial charge in [0.15, 0.2) is 0 Å². The standard InChI is InChI=1S/C17H13I2N2O2/c18-19-8-2-3-10-6-7-13-12(9-10)16-15-11(17(22)21-20-16)4-1-5-14(15)23-13/h1,4-7,9H,2-3,8H2,(H,21,22)/q-1. The van der Waals surface area contributed by atoms with Gasteiger partial charge in [0.1, 0.15) is 0 Å². The van der Waals surface area contributed by atoms with Crippen LogP contribution in [0.25, 0.3) is 22.0 Å². The quantitative estimate of drug-likeness (QED) is 0.244. The van der Waals surface area contributed by atoms with E-state index in [2.05, 4.69) is 40.9 Å². The SMILES string of the molecule is O=c1[nH]nc2c3c(cccc13)Oc1ccc(CCC[I-]I)cc1-2. The molecule has 1 aliphatic heterocycles. The number of aromatic nitrogens is 2. The molecule has 118 valence electrons. The third-order valence-electron chi connectivity index (χ3n) is 3.97. The van der Waals surface area contributed by atoms with E-state index in [4.69, 9.17) is 4.74 Å². The first-order valence-corrected chi connectivity index (χ1v) is 15.1. The van der Waals surface area contributed by atoms with Gasteiger partial charge in [0.25, 0.3) is 0 Å². The summed E-state index contributed by atoms with van der Waals surface area (Å²) in [6.07, 6.45) is 2.30. The van der Waals surface area contributed by atoms with E-state index in [1.165, 1.54) is 16.4 Å². The summed E-state index contributed by atoms with van der Waals surface area (Å²) in [5.74, 6) is 1.50. The summed E-state index contributed by atoms with van der Waals surface area (Å²) in [6.45, 7) is 0. The number of H-pyrrole nitrogens is 1. The molecule has 4 nitrogen and oxygen atoms in total. The number of rotatable bonds is 4. The number of fused-ring (bicyclic) bond motifs is 2. The van der Waals surface area contributed by atoms with Crippen molar-refractivity contribution >= 4 is 29.4 Å². The fourth-order valence-electron chi connectivity index (χ4n) is 2.91. The number of aryl methyl sites for hydroxylation is 1. The molecule has 0 bridgehead atoms. The minimum atomic E-state index is -0.181. The second kappa shape index (κ2) is 6.39. The second-order valence-electron chi connectivity index (χ2n) is 5.41. The van der Waals surface area contributed by atoms with Crippen LogP contribution in [0.15, 0.2) is 41.2 Å². The number of aromatic amines is 1. The molecule has 1 N–H and O–H groups in total. The monoisotopic (exact) mass is 531 g/mol. The molecule has 0 fully saturated rings. The summed E-state index contributed by atoms with van der Waals surface area (Å²) in [5, 5.41) is 8.34. The molecule has 2 heterocycles. The number of nitrogens with zero attached hydrogens (tertiary/aromatic N) is 1. The van der Waals surface area contributed by atoms with Gasteiger partial charge >= 0.3 is 154 Å². The van der Waals surface area contributed by atoms with E-state index in [1.54, 1.807) is 0 Å². The first-order valence-electron chi connectivity index (χ1n) is 7.31. The van der Waals surface area contributed by atoms with E-state index in [1.807, 2.05) is 24.3 Å². The molecule has 6 heteroatoms. The molecular weight excluding hydrogens is 518 g/mol. The van der Waals surface area contributed by atoms with Crippen molar-refractivity contribution < 1.29 is 22.0 Å². The molecule has 0 aliphatic carbocycles. The summed E-state index contributed by atoms with van der Waals surface area (Å²) in [6, 6.07) is 11.8. The van der Waals surface area contributed by atoms with Crippen molar-refractivity contribution in [1.29, 1.82) is 0 Å². The van der Waals surface area contributed by atoms with Crippen LogP contribution in [-0.2, 0) is 6.42 Å². The van der Waals surface area contributed by atoms with Crippen LogP contribution >= 0.6 is 18.6 Å². The van der Waals surface area contributed by atoms with Crippen LogP contribution < -0.4 is 27.5 Å². The molecule has 1 aromatic heterocycles. The van der Waals surface area contributed by atoms with Crippen LogP contribution in [0.1, 0.15) is 12.0 Å². The Labute approximate surface area is 153 Å². The van der Waals surface area contributed by atoms with Crippen LogP contribution in [0.4, 0.5) is 0 Å². The number of alkyl halides is 1. The number of hydrogen-bond donors (Lipinski definition) is 1. The van der Waals surface area contributed by atoms with Gasteiger partial charge in [-0.1, -0.05) is 0 Å². The van der Waals surface area contributed by atoms with Crippen molar-refractivity contribution in [2.24, 2.45) is 0 Å². The molecule has 23 heavy (non-hydrogen) atoms. The van der Waals surface area contributed by atoms with Gasteiger partial charge in [-0.3, -0.25) is 0 Å². The van der Waals surface area contributed by atoms with Crippen molar-refractivity contribution in [2.45, 2.75) is 12.8 Å². The van der Waals surface area contributed by atoms with Crippen LogP contribution in [0.3, 0.4) is 0 Å². The Morgan fingerprint density at radius 1 is 1.22 bits per heavy atom. The van der Waals surface area contributed by atoms with Gasteiger partial charge in [0.2, 0.25) is 0 Å². The topological polar surface area (TPSA) is 55.0 Å². The van der Waals surface area contributed by atoms with Gasteiger partial charge in [-0.15, -0.1) is 0 Å². The van der Waals surface area contributed by atoms with E-state index in [0.29, 0.717) is 28.4 Å². The number of nitrogens with one attached hydrogen (secondary N) is 1. The van der Waals surface area contributed by atoms with E-state index in [0.717, 1.165) is 28.8 Å². The number of ether oxygens (including phenoxy) is 1. The third-order valence-corrected chi connectivity index (χ3v) is 7.87. The summed E-state index contributed by atoms with van der Waals surface area (Å²) in [7, 11) is 0. The Hall–Kier alpha value is -1.16. The fraction of sp³-hybridized carbons (Fsp3) is 0.176. The zero-order chi connectivity index (χ0) is 15.8. The number of hydrogen-bond acceptors (Lipinski definition) is 3. The Bertz CT molecular complexity index is 953. The summed E-state index contributed by atoms with van der Waals surface area (Å²) in [5.41, 5.74) is 2.88. The van der Waals surface area contributed by atoms with E-state index < -0.39 is 0 Å². The Morgan fingerprint density at radius 2 is 2.13 bits per heavy atom. The molecule has 1 aliphatic rings. The van der Waals surface area contributed by atoms with Gasteiger partial charge in [-0.05, 0) is 0 Å². The molecule has 0 amide bonds. The molecule has 4 rings (SSSR count). The van der Waals surface area contributed by atoms with Crippen LogP contribution in [-0.4, -0.2) is 14.6 Å². The summed E-state index contributed by atoms with van der Waals surface area (Å²) < 4.78 is 7.33. The molecule has 2 aromatic carbocycles. The van der Waals surface area contributed by atoms with Crippen molar-refractivity contribution in [3.05, 3.63) is 52.3 Å². The van der Waals surface area contributed by atoms with Crippen LogP contribution in [0, 0.1) is 0 Å². The predicted molar refractivity (Wildman–Crippen MR) is 95.1 cm³/mol. The Kier molecular flexibility index (Phi) is 4.27. The van der Waals surface area contributed by atoms with E-state index in [-0.39, 0.29) is 5.56 Å². The number of halogens is 2. The summed E-state index contributed by atoms with van der Waals surface area (Å²) in [4.78, 5) is 12.0. The van der Waals surface area contributed by atoms with Gasteiger partial charge in [-0.2, -0.15) is 0 Å². The molecular formula is C17H13I2N2O2-. The fourth-order valence-corrected chi connectivity index (χ4v) is 5.52. The Balaban J connectivity index is 1.87. The third kappa shape index (κ3) is 2.75. The second-order valence-corrected chi connectivity index (χ2v) is 10.9. The molecule has 0 saturated heterocycles. The maximum atomic E-state index is 12.0.